The van der Waals surface area contributed by atoms with E-state index in [0.717, 1.165) is 18.1 Å². The topological polar surface area (TPSA) is 42.2 Å². The van der Waals surface area contributed by atoms with Crippen molar-refractivity contribution in [3.8, 4) is 5.97 Å². The van der Waals surface area contributed by atoms with Gasteiger partial charge in [-0.15, -0.1) is 0 Å². The van der Waals surface area contributed by atoms with E-state index in [1.54, 1.807) is 0 Å². The molecule has 0 N–H and O–H groups in total. The molecule has 0 aromatic carbocycles. The number of hydrogen-bond donors (Lipinski definition) is 0. The molecule has 0 atom stereocenters. The Morgan fingerprint density at radius 1 is 1.25 bits per heavy atom. The van der Waals surface area contributed by atoms with Crippen molar-refractivity contribution in [1.82, 2.24) is 0 Å². The van der Waals surface area contributed by atoms with Gasteiger partial charge in [0.1, 0.15) is 0 Å². The van der Waals surface area contributed by atoms with Crippen LogP contribution in [0.25, 0.3) is 0 Å². The van der Waals surface area contributed by atoms with E-state index in [4.69, 9.17) is 14.6 Å². The summed E-state index contributed by atoms with van der Waals surface area (Å²) in [5.41, 5.74) is 0.553. The molecule has 1 saturated heterocycles. The van der Waals surface area contributed by atoms with Gasteiger partial charge >= 0.3 is 7.12 Å². The third-order valence-electron chi connectivity index (χ3n) is 3.89. The van der Waals surface area contributed by atoms with Crippen LogP contribution in [0, 0.1) is 11.2 Å². The van der Waals surface area contributed by atoms with Gasteiger partial charge < -0.3 is 9.31 Å². The van der Waals surface area contributed by atoms with Crippen LogP contribution in [-0.4, -0.2) is 25.0 Å². The van der Waals surface area contributed by atoms with E-state index in [9.17, 15) is 0 Å². The van der Waals surface area contributed by atoms with Crippen LogP contribution in [0.1, 0.15) is 27.7 Å². The quantitative estimate of drug-likeness (QED) is 0.631. The van der Waals surface area contributed by atoms with Crippen LogP contribution in [0.15, 0.2) is 11.5 Å². The molecule has 5 heteroatoms. The summed E-state index contributed by atoms with van der Waals surface area (Å²) in [6.45, 7) is 8.29. The lowest BCUT2D eigenvalue weighted by molar-refractivity contribution is 0.00578. The Kier molecular flexibility index (Phi) is 2.68. The summed E-state index contributed by atoms with van der Waals surface area (Å²) in [4.78, 5) is 0. The van der Waals surface area contributed by atoms with Gasteiger partial charge in [0.15, 0.2) is 0 Å². The Balaban J connectivity index is 2.08. The Hall–Kier alpha value is -0.720. The van der Waals surface area contributed by atoms with Gasteiger partial charge in [0.2, 0.25) is 0 Å². The number of allylic oxidation sites excluding steroid dienone is 2. The highest BCUT2D eigenvalue weighted by Crippen LogP contribution is 2.40. The Bertz CT molecular complexity index is 355. The van der Waals surface area contributed by atoms with Crippen molar-refractivity contribution in [2.45, 2.75) is 51.5 Å². The maximum Gasteiger partial charge on any atom is 0.489 e. The summed E-state index contributed by atoms with van der Waals surface area (Å²) in [6, 6.07) is 0. The first-order chi connectivity index (χ1) is 7.36. The minimum absolute atomic E-state index is 0.106. The van der Waals surface area contributed by atoms with Gasteiger partial charge in [-0.05, 0) is 40.3 Å². The van der Waals surface area contributed by atoms with Crippen LogP contribution in [0.2, 0.25) is 12.6 Å². The van der Waals surface area contributed by atoms with Crippen molar-refractivity contribution in [3.63, 3.8) is 0 Å². The lowest BCUT2D eigenvalue weighted by Crippen LogP contribution is -2.41. The van der Waals surface area contributed by atoms with E-state index in [-0.39, 0.29) is 25.0 Å². The molecule has 2 heterocycles. The summed E-state index contributed by atoms with van der Waals surface area (Å²) in [7, 11) is -0.261. The first kappa shape index (κ1) is 11.8. The highest BCUT2D eigenvalue weighted by atomic mass is 16.7. The number of nitriles is 1. The molecule has 0 aromatic rings. The summed E-state index contributed by atoms with van der Waals surface area (Å²) < 4.78 is 11.9. The molecule has 0 aromatic heterocycles. The van der Waals surface area contributed by atoms with Crippen molar-refractivity contribution in [1.29, 1.82) is 5.26 Å². The van der Waals surface area contributed by atoms with Gasteiger partial charge in [-0.25, -0.2) is 5.26 Å². The fourth-order valence-corrected chi connectivity index (χ4v) is 2.03. The molecule has 0 spiro atoms. The zero-order valence-corrected chi connectivity index (χ0v) is 10.4. The van der Waals surface area contributed by atoms with Crippen molar-refractivity contribution in [3.05, 3.63) is 11.5 Å². The van der Waals surface area contributed by atoms with Gasteiger partial charge in [-0.3, -0.25) is 0 Å². The second-order valence-corrected chi connectivity index (χ2v) is 5.63. The molecule has 2 rings (SSSR count). The minimum Gasteiger partial charge on any atom is -0.400 e. The van der Waals surface area contributed by atoms with Crippen LogP contribution in [0.3, 0.4) is 0 Å². The Labute approximate surface area is 98.0 Å². The molecule has 1 fully saturated rings. The van der Waals surface area contributed by atoms with Crippen LogP contribution >= 0.6 is 0 Å². The summed E-state index contributed by atoms with van der Waals surface area (Å²) >= 11 is 0. The smallest absolute Gasteiger partial charge is 0.400 e. The van der Waals surface area contributed by atoms with E-state index < -0.39 is 0 Å². The molecule has 0 radical (unpaired) electrons. The molecule has 2 aliphatic heterocycles. The standard InChI is InChI=1S/C11H17B2NO2/c1-10(2)11(3,4)16-13(15-10)9-5-6-12(7-9)8-14/h5H,6-7H2,1-4H3. The maximum absolute atomic E-state index is 8.87. The Morgan fingerprint density at radius 2 is 1.81 bits per heavy atom. The van der Waals surface area contributed by atoms with Gasteiger partial charge in [0.05, 0.1) is 11.2 Å². The third kappa shape index (κ3) is 1.81. The zero-order valence-electron chi connectivity index (χ0n) is 10.4. The van der Waals surface area contributed by atoms with E-state index in [1.165, 1.54) is 0 Å². The number of nitrogens with zero attached hydrogens (tertiary/aromatic N) is 1. The lowest BCUT2D eigenvalue weighted by atomic mass is 9.47. The van der Waals surface area contributed by atoms with E-state index >= 15 is 0 Å². The number of hydrogen-bond acceptors (Lipinski definition) is 3. The van der Waals surface area contributed by atoms with Gasteiger partial charge in [-0.2, -0.15) is 0 Å². The largest absolute Gasteiger partial charge is 0.489 e. The molecule has 0 amide bonds. The second kappa shape index (κ2) is 3.65. The van der Waals surface area contributed by atoms with Crippen molar-refractivity contribution in [2.75, 3.05) is 0 Å². The molecule has 0 bridgehead atoms. The fourth-order valence-electron chi connectivity index (χ4n) is 2.03. The van der Waals surface area contributed by atoms with Crippen LogP contribution in [-0.2, 0) is 9.31 Å². The molecule has 16 heavy (non-hydrogen) atoms. The van der Waals surface area contributed by atoms with Gasteiger partial charge in [0, 0.05) is 5.97 Å². The summed E-state index contributed by atoms with van der Waals surface area (Å²) in [5, 5.41) is 8.87. The van der Waals surface area contributed by atoms with Crippen molar-refractivity contribution in [2.24, 2.45) is 0 Å². The normalized spacial score (nSPS) is 26.8. The molecular formula is C11H17B2NO2. The fraction of sp³-hybridized carbons (Fsp3) is 0.727. The van der Waals surface area contributed by atoms with Crippen molar-refractivity contribution < 1.29 is 9.31 Å². The monoisotopic (exact) mass is 217 g/mol. The van der Waals surface area contributed by atoms with E-state index in [2.05, 4.69) is 12.0 Å². The molecule has 0 unspecified atom stereocenters. The van der Waals surface area contributed by atoms with Crippen LogP contribution < -0.4 is 0 Å². The van der Waals surface area contributed by atoms with E-state index in [0.29, 0.717) is 0 Å². The predicted octanol–water partition coefficient (Wildman–Crippen LogP) is 2.12. The average Bonchev–Trinajstić information content (AvgIpc) is 2.70. The summed E-state index contributed by atoms with van der Waals surface area (Å²) in [5.74, 6) is 2.30. The zero-order chi connectivity index (χ0) is 12.0. The highest BCUT2D eigenvalue weighted by molar-refractivity contribution is 6.72. The molecule has 0 aliphatic carbocycles. The first-order valence-electron chi connectivity index (χ1n) is 5.80. The van der Waals surface area contributed by atoms with Crippen molar-refractivity contribution >= 4 is 13.8 Å². The molecule has 2 aliphatic rings. The molecule has 3 nitrogen and oxygen atoms in total. The maximum atomic E-state index is 8.87. The van der Waals surface area contributed by atoms with E-state index in [1.807, 2.05) is 27.7 Å². The number of rotatable bonds is 1. The molecule has 0 saturated carbocycles. The highest BCUT2D eigenvalue weighted by Gasteiger charge is 2.53. The SMILES string of the molecule is CC1(C)OB(C2=CCB(C#N)C2)OC1(C)C. The van der Waals surface area contributed by atoms with Crippen LogP contribution in [0.5, 0.6) is 0 Å². The third-order valence-corrected chi connectivity index (χ3v) is 3.89. The predicted molar refractivity (Wildman–Crippen MR) is 65.1 cm³/mol. The van der Waals surface area contributed by atoms with Crippen LogP contribution in [0.4, 0.5) is 0 Å². The molecular weight excluding hydrogens is 200 g/mol. The minimum atomic E-state index is -0.288. The molecule has 84 valence electrons. The van der Waals surface area contributed by atoms with Gasteiger partial charge in [0.25, 0.3) is 6.71 Å². The average molecular weight is 217 g/mol. The second-order valence-electron chi connectivity index (χ2n) is 5.63. The first-order valence-corrected chi connectivity index (χ1v) is 5.80. The summed E-state index contributed by atoms with van der Waals surface area (Å²) in [6.07, 6.45) is 3.71. The Morgan fingerprint density at radius 3 is 2.25 bits per heavy atom. The van der Waals surface area contributed by atoms with Gasteiger partial charge in [-0.1, -0.05) is 11.5 Å². The lowest BCUT2D eigenvalue weighted by Gasteiger charge is -2.32.